The lowest BCUT2D eigenvalue weighted by atomic mass is 9.76. The van der Waals surface area contributed by atoms with E-state index >= 15 is 0 Å². The zero-order valence-corrected chi connectivity index (χ0v) is 17.1. The van der Waals surface area contributed by atoms with E-state index in [2.05, 4.69) is 10.3 Å². The minimum atomic E-state index is -1.12. The maximum absolute atomic E-state index is 13.3. The Balaban J connectivity index is 1.63. The van der Waals surface area contributed by atoms with E-state index in [1.807, 2.05) is 24.3 Å². The highest BCUT2D eigenvalue weighted by molar-refractivity contribution is 6.12. The first kappa shape index (κ1) is 19.9. The van der Waals surface area contributed by atoms with Crippen molar-refractivity contribution in [2.24, 2.45) is 0 Å². The first-order valence-corrected chi connectivity index (χ1v) is 9.83. The number of H-pyrrole nitrogens is 1. The number of urea groups is 1. The molecule has 1 saturated heterocycles. The Hall–Kier alpha value is -3.42. The Morgan fingerprint density at radius 1 is 1.20 bits per heavy atom. The van der Waals surface area contributed by atoms with Gasteiger partial charge >= 0.3 is 12.0 Å². The summed E-state index contributed by atoms with van der Waals surface area (Å²) in [5.74, 6) is -1.41. The van der Waals surface area contributed by atoms with Gasteiger partial charge in [-0.25, -0.2) is 9.59 Å². The van der Waals surface area contributed by atoms with Crippen molar-refractivity contribution < 1.29 is 23.9 Å². The van der Waals surface area contributed by atoms with Crippen molar-refractivity contribution >= 4 is 23.7 Å². The van der Waals surface area contributed by atoms with E-state index in [-0.39, 0.29) is 11.3 Å². The molecule has 1 fully saturated rings. The second kappa shape index (κ2) is 7.12. The number of imide groups is 1. The van der Waals surface area contributed by atoms with Crippen LogP contribution < -0.4 is 5.32 Å². The summed E-state index contributed by atoms with van der Waals surface area (Å²) in [7, 11) is 1.27. The Kier molecular flexibility index (Phi) is 4.72. The molecule has 4 rings (SSSR count). The number of nitrogens with zero attached hydrogens (tertiary/aromatic N) is 1. The van der Waals surface area contributed by atoms with Crippen LogP contribution in [0.5, 0.6) is 0 Å². The molecule has 30 heavy (non-hydrogen) atoms. The van der Waals surface area contributed by atoms with Gasteiger partial charge in [0.2, 0.25) is 0 Å². The predicted molar refractivity (Wildman–Crippen MR) is 107 cm³/mol. The summed E-state index contributed by atoms with van der Waals surface area (Å²) in [6.45, 7) is 2.89. The van der Waals surface area contributed by atoms with E-state index < -0.39 is 35.8 Å². The van der Waals surface area contributed by atoms with Crippen LogP contribution in [0.1, 0.15) is 56.1 Å². The molecule has 8 heteroatoms. The van der Waals surface area contributed by atoms with Crippen LogP contribution in [0, 0.1) is 13.8 Å². The van der Waals surface area contributed by atoms with Crippen LogP contribution in [0.2, 0.25) is 0 Å². The average Bonchev–Trinajstić information content (AvgIpc) is 3.16. The first-order valence-electron chi connectivity index (χ1n) is 9.83. The summed E-state index contributed by atoms with van der Waals surface area (Å²) in [5.41, 5.74) is 2.12. The molecule has 0 saturated carbocycles. The third-order valence-corrected chi connectivity index (χ3v) is 6.06. The number of fused-ring (bicyclic) bond motifs is 2. The van der Waals surface area contributed by atoms with Crippen molar-refractivity contribution in [1.82, 2.24) is 15.2 Å². The number of methoxy groups -OCH3 is 1. The van der Waals surface area contributed by atoms with E-state index in [0.29, 0.717) is 17.7 Å². The summed E-state index contributed by atoms with van der Waals surface area (Å²) in [6, 6.07) is 7.00. The first-order chi connectivity index (χ1) is 14.3. The second-order valence-electron chi connectivity index (χ2n) is 7.78. The van der Waals surface area contributed by atoms with Crippen molar-refractivity contribution in [3.8, 4) is 0 Å². The third kappa shape index (κ3) is 2.82. The minimum Gasteiger partial charge on any atom is -0.465 e. The van der Waals surface area contributed by atoms with Crippen LogP contribution in [0.3, 0.4) is 0 Å². The van der Waals surface area contributed by atoms with Gasteiger partial charge in [0.05, 0.1) is 24.9 Å². The molecule has 156 valence electrons. The zero-order chi connectivity index (χ0) is 21.6. The molecule has 1 atom stereocenters. The molecule has 2 N–H and O–H groups in total. The molecule has 1 spiro atoms. The molecule has 2 heterocycles. The maximum atomic E-state index is 13.3. The fraction of sp³-hybridized carbons (Fsp3) is 0.364. The number of aromatic amines is 1. The van der Waals surface area contributed by atoms with Crippen LogP contribution in [0.4, 0.5) is 4.79 Å². The smallest absolute Gasteiger partial charge is 0.339 e. The highest BCUT2D eigenvalue weighted by atomic mass is 16.5. The number of benzene rings is 1. The lowest BCUT2D eigenvalue weighted by Gasteiger charge is -2.33. The van der Waals surface area contributed by atoms with Crippen molar-refractivity contribution in [3.05, 3.63) is 57.9 Å². The molecule has 2 aromatic rings. The summed E-state index contributed by atoms with van der Waals surface area (Å²) in [6.07, 6.45) is 2.10. The summed E-state index contributed by atoms with van der Waals surface area (Å²) in [5, 5.41) is 2.84. The lowest BCUT2D eigenvalue weighted by Crippen LogP contribution is -2.46. The molecule has 1 aromatic heterocycles. The van der Waals surface area contributed by atoms with Crippen LogP contribution >= 0.6 is 0 Å². The molecule has 1 aliphatic carbocycles. The molecule has 0 unspecified atom stereocenters. The van der Waals surface area contributed by atoms with Crippen LogP contribution in [0.25, 0.3) is 0 Å². The number of esters is 1. The molecule has 0 bridgehead atoms. The summed E-state index contributed by atoms with van der Waals surface area (Å²) >= 11 is 0. The van der Waals surface area contributed by atoms with Crippen molar-refractivity contribution in [2.75, 3.05) is 13.7 Å². The Morgan fingerprint density at radius 3 is 2.67 bits per heavy atom. The van der Waals surface area contributed by atoms with E-state index in [1.54, 1.807) is 13.8 Å². The monoisotopic (exact) mass is 409 g/mol. The second-order valence-corrected chi connectivity index (χ2v) is 7.78. The van der Waals surface area contributed by atoms with E-state index in [4.69, 9.17) is 4.74 Å². The molecule has 1 aliphatic heterocycles. The number of aryl methyl sites for hydroxylation is 2. The number of nitrogens with one attached hydrogen (secondary N) is 2. The number of ether oxygens (including phenoxy) is 1. The zero-order valence-electron chi connectivity index (χ0n) is 17.1. The molecule has 8 nitrogen and oxygen atoms in total. The highest BCUT2D eigenvalue weighted by Crippen LogP contribution is 2.40. The number of Topliss-reactive ketones (excluding diaryl/α,β-unsaturated/α-hetero) is 1. The minimum absolute atomic E-state index is 0.193. The van der Waals surface area contributed by atoms with E-state index in [1.165, 1.54) is 7.11 Å². The molecular weight excluding hydrogens is 386 g/mol. The van der Waals surface area contributed by atoms with Gasteiger partial charge in [-0.3, -0.25) is 14.5 Å². The molecular formula is C22H23N3O5. The molecule has 2 aliphatic rings. The molecule has 0 radical (unpaired) electrons. The van der Waals surface area contributed by atoms with Gasteiger partial charge in [0.15, 0.2) is 5.78 Å². The predicted octanol–water partition coefficient (Wildman–Crippen LogP) is 2.38. The van der Waals surface area contributed by atoms with Crippen molar-refractivity contribution in [2.45, 2.75) is 38.6 Å². The van der Waals surface area contributed by atoms with Gasteiger partial charge < -0.3 is 15.0 Å². The summed E-state index contributed by atoms with van der Waals surface area (Å²) < 4.78 is 4.77. The number of hydrogen-bond donors (Lipinski definition) is 2. The Morgan fingerprint density at radius 2 is 1.93 bits per heavy atom. The SMILES string of the molecule is COC(=O)c1c(C)[nH]c(C(=O)CN2C(=O)N[C@]3(CCCc4ccccc43)C2=O)c1C. The number of amides is 3. The van der Waals surface area contributed by atoms with Gasteiger partial charge in [-0.05, 0) is 49.8 Å². The Bertz CT molecular complexity index is 1090. The quantitative estimate of drug-likeness (QED) is 0.458. The van der Waals surface area contributed by atoms with Crippen LogP contribution in [0.15, 0.2) is 24.3 Å². The molecule has 1 aromatic carbocycles. The fourth-order valence-electron chi connectivity index (χ4n) is 4.61. The average molecular weight is 409 g/mol. The van der Waals surface area contributed by atoms with Gasteiger partial charge in [0.25, 0.3) is 5.91 Å². The largest absolute Gasteiger partial charge is 0.465 e. The van der Waals surface area contributed by atoms with Crippen LogP contribution in [-0.2, 0) is 21.5 Å². The van der Waals surface area contributed by atoms with E-state index in [0.717, 1.165) is 28.9 Å². The highest BCUT2D eigenvalue weighted by Gasteiger charge is 2.54. The van der Waals surface area contributed by atoms with Gasteiger partial charge in [-0.2, -0.15) is 0 Å². The Labute approximate surface area is 173 Å². The third-order valence-electron chi connectivity index (χ3n) is 6.06. The number of carbonyl (C=O) groups is 4. The number of rotatable bonds is 4. The standard InChI is InChI=1S/C22H23N3O5/c1-12-17(19(27)30-3)13(2)23-18(12)16(26)11-25-20(28)22(24-21(25)29)10-6-8-14-7-4-5-9-15(14)22/h4-5,7,9,23H,6,8,10-11H2,1-3H3,(H,24,29)/t22-/m0/s1. The lowest BCUT2D eigenvalue weighted by molar-refractivity contribution is -0.131. The fourth-order valence-corrected chi connectivity index (χ4v) is 4.61. The topological polar surface area (TPSA) is 109 Å². The molecule has 3 amide bonds. The van der Waals surface area contributed by atoms with Crippen LogP contribution in [-0.4, -0.2) is 47.2 Å². The van der Waals surface area contributed by atoms with E-state index in [9.17, 15) is 19.2 Å². The van der Waals surface area contributed by atoms with Gasteiger partial charge in [-0.15, -0.1) is 0 Å². The normalized spacial score (nSPS) is 20.3. The van der Waals surface area contributed by atoms with Gasteiger partial charge in [0.1, 0.15) is 5.54 Å². The summed E-state index contributed by atoms with van der Waals surface area (Å²) in [4.78, 5) is 54.8. The van der Waals surface area contributed by atoms with Gasteiger partial charge in [0, 0.05) is 5.69 Å². The van der Waals surface area contributed by atoms with Crippen molar-refractivity contribution in [3.63, 3.8) is 0 Å². The number of ketones is 1. The maximum Gasteiger partial charge on any atom is 0.339 e. The number of aromatic nitrogens is 1. The van der Waals surface area contributed by atoms with Gasteiger partial charge in [-0.1, -0.05) is 24.3 Å². The van der Waals surface area contributed by atoms with Crippen molar-refractivity contribution in [1.29, 1.82) is 0 Å². The number of carbonyl (C=O) groups excluding carboxylic acids is 4. The number of hydrogen-bond acceptors (Lipinski definition) is 5.